The molecule has 2 aliphatic heterocycles. The van der Waals surface area contributed by atoms with Gasteiger partial charge in [-0.15, -0.1) is 0 Å². The summed E-state index contributed by atoms with van der Waals surface area (Å²) >= 11 is 2.08. The van der Waals surface area contributed by atoms with Gasteiger partial charge in [-0.3, -0.25) is 0 Å². The van der Waals surface area contributed by atoms with Crippen molar-refractivity contribution in [1.29, 1.82) is 0 Å². The molecule has 2 rings (SSSR count). The molecule has 2 saturated heterocycles. The van der Waals surface area contributed by atoms with Crippen molar-refractivity contribution in [3.8, 4) is 0 Å². The van der Waals surface area contributed by atoms with Gasteiger partial charge in [0.2, 0.25) is 0 Å². The fraction of sp³-hybridized carbons (Fsp3) is 1.00. The van der Waals surface area contributed by atoms with Crippen molar-refractivity contribution in [3.05, 3.63) is 0 Å². The third-order valence-electron chi connectivity index (χ3n) is 3.79. The van der Waals surface area contributed by atoms with E-state index in [4.69, 9.17) is 4.74 Å². The van der Waals surface area contributed by atoms with E-state index in [1.165, 1.54) is 0 Å². The lowest BCUT2D eigenvalue weighted by Gasteiger charge is -2.43. The van der Waals surface area contributed by atoms with Gasteiger partial charge in [0.15, 0.2) is 0 Å². The monoisotopic (exact) mass is 259 g/mol. The number of aliphatic hydroxyl groups excluding tert-OH is 1. The van der Waals surface area contributed by atoms with Crippen LogP contribution in [-0.4, -0.2) is 60.0 Å². The number of hydrogen-bond acceptors (Lipinski definition) is 4. The summed E-state index contributed by atoms with van der Waals surface area (Å²) < 4.78 is 5.58. The molecule has 0 spiro atoms. The number of rotatable bonds is 3. The molecule has 100 valence electrons. The molecule has 17 heavy (non-hydrogen) atoms. The van der Waals surface area contributed by atoms with E-state index in [9.17, 15) is 5.11 Å². The quantitative estimate of drug-likeness (QED) is 0.834. The Labute approximate surface area is 109 Å². The minimum absolute atomic E-state index is 0.000301. The first-order chi connectivity index (χ1) is 8.13. The van der Waals surface area contributed by atoms with Gasteiger partial charge in [-0.1, -0.05) is 13.8 Å². The Balaban J connectivity index is 1.93. The molecule has 0 amide bonds. The lowest BCUT2D eigenvalue weighted by Crippen LogP contribution is -2.50. The molecule has 0 aromatic carbocycles. The predicted molar refractivity (Wildman–Crippen MR) is 72.5 cm³/mol. The summed E-state index contributed by atoms with van der Waals surface area (Å²) in [5.74, 6) is 0. The molecule has 4 heteroatoms. The minimum Gasteiger partial charge on any atom is -0.396 e. The SMILES string of the molecule is CC1CN(CC2(CO)CCCOC2)CC(C)S1. The van der Waals surface area contributed by atoms with E-state index < -0.39 is 0 Å². The van der Waals surface area contributed by atoms with E-state index in [0.29, 0.717) is 10.5 Å². The van der Waals surface area contributed by atoms with Gasteiger partial charge in [-0.05, 0) is 12.8 Å². The van der Waals surface area contributed by atoms with E-state index in [1.54, 1.807) is 0 Å². The second kappa shape index (κ2) is 5.91. The number of nitrogens with zero attached hydrogens (tertiary/aromatic N) is 1. The molecular weight excluding hydrogens is 234 g/mol. The fourth-order valence-electron chi connectivity index (χ4n) is 3.10. The molecule has 3 unspecified atom stereocenters. The highest BCUT2D eigenvalue weighted by molar-refractivity contribution is 8.00. The van der Waals surface area contributed by atoms with E-state index in [2.05, 4.69) is 30.5 Å². The number of thioether (sulfide) groups is 1. The van der Waals surface area contributed by atoms with Crippen LogP contribution in [0, 0.1) is 5.41 Å². The van der Waals surface area contributed by atoms with Gasteiger partial charge in [0, 0.05) is 42.2 Å². The van der Waals surface area contributed by atoms with Crippen LogP contribution in [0.5, 0.6) is 0 Å². The first-order valence-electron chi connectivity index (χ1n) is 6.70. The molecule has 0 radical (unpaired) electrons. The maximum atomic E-state index is 9.69. The van der Waals surface area contributed by atoms with Crippen molar-refractivity contribution in [2.24, 2.45) is 5.41 Å². The van der Waals surface area contributed by atoms with Gasteiger partial charge in [0.1, 0.15) is 0 Å². The summed E-state index contributed by atoms with van der Waals surface area (Å²) in [5.41, 5.74) is -0.000301. The molecule has 2 aliphatic rings. The third-order valence-corrected chi connectivity index (χ3v) is 5.02. The van der Waals surface area contributed by atoms with Gasteiger partial charge in [0.05, 0.1) is 13.2 Å². The lowest BCUT2D eigenvalue weighted by molar-refractivity contribution is -0.0554. The number of aliphatic hydroxyl groups is 1. The lowest BCUT2D eigenvalue weighted by atomic mass is 9.82. The second-order valence-electron chi connectivity index (χ2n) is 5.77. The van der Waals surface area contributed by atoms with Crippen LogP contribution in [0.15, 0.2) is 0 Å². The van der Waals surface area contributed by atoms with Gasteiger partial charge in [-0.2, -0.15) is 11.8 Å². The van der Waals surface area contributed by atoms with Crippen LogP contribution in [0.3, 0.4) is 0 Å². The average molecular weight is 259 g/mol. The van der Waals surface area contributed by atoms with Crippen LogP contribution in [0.2, 0.25) is 0 Å². The van der Waals surface area contributed by atoms with Gasteiger partial charge in [0.25, 0.3) is 0 Å². The summed E-state index contributed by atoms with van der Waals surface area (Å²) in [6, 6.07) is 0. The summed E-state index contributed by atoms with van der Waals surface area (Å²) in [4.78, 5) is 2.52. The Kier molecular flexibility index (Phi) is 4.75. The maximum absolute atomic E-state index is 9.69. The summed E-state index contributed by atoms with van der Waals surface area (Å²) in [6.07, 6.45) is 2.20. The van der Waals surface area contributed by atoms with Crippen LogP contribution < -0.4 is 0 Å². The van der Waals surface area contributed by atoms with E-state index >= 15 is 0 Å². The predicted octanol–water partition coefficient (Wildman–Crippen LogP) is 1.60. The third kappa shape index (κ3) is 3.60. The summed E-state index contributed by atoms with van der Waals surface area (Å²) in [7, 11) is 0. The second-order valence-corrected chi connectivity index (χ2v) is 7.65. The molecule has 2 fully saturated rings. The fourth-order valence-corrected chi connectivity index (χ4v) is 4.48. The van der Waals surface area contributed by atoms with Crippen LogP contribution in [-0.2, 0) is 4.74 Å². The van der Waals surface area contributed by atoms with E-state index in [1.807, 2.05) is 0 Å². The van der Waals surface area contributed by atoms with Crippen LogP contribution in [0.1, 0.15) is 26.7 Å². The smallest absolute Gasteiger partial charge is 0.0556 e. The molecule has 0 aromatic rings. The van der Waals surface area contributed by atoms with Crippen molar-refractivity contribution in [2.75, 3.05) is 39.5 Å². The highest BCUT2D eigenvalue weighted by atomic mass is 32.2. The standard InChI is InChI=1S/C13H25NO2S/c1-11-6-14(7-12(2)17-11)8-13(9-15)4-3-5-16-10-13/h11-12,15H,3-10H2,1-2H3. The molecule has 1 N–H and O–H groups in total. The Morgan fingerprint density at radius 2 is 2.06 bits per heavy atom. The highest BCUT2D eigenvalue weighted by Gasteiger charge is 2.36. The number of ether oxygens (including phenoxy) is 1. The van der Waals surface area contributed by atoms with E-state index in [-0.39, 0.29) is 12.0 Å². The normalized spacial score (nSPS) is 40.4. The van der Waals surface area contributed by atoms with Gasteiger partial charge >= 0.3 is 0 Å². The minimum atomic E-state index is -0.000301. The Bertz CT molecular complexity index is 234. The van der Waals surface area contributed by atoms with Crippen molar-refractivity contribution in [1.82, 2.24) is 4.90 Å². The molecule has 3 atom stereocenters. The molecular formula is C13H25NO2S. The van der Waals surface area contributed by atoms with Gasteiger partial charge in [-0.25, -0.2) is 0 Å². The maximum Gasteiger partial charge on any atom is 0.0556 e. The molecule has 0 aromatic heterocycles. The van der Waals surface area contributed by atoms with Gasteiger partial charge < -0.3 is 14.7 Å². The molecule has 0 saturated carbocycles. The van der Waals surface area contributed by atoms with E-state index in [0.717, 1.165) is 45.7 Å². The Hall–Kier alpha value is 0.230. The highest BCUT2D eigenvalue weighted by Crippen LogP contribution is 2.32. The zero-order valence-corrected chi connectivity index (χ0v) is 11.8. The zero-order chi connectivity index (χ0) is 12.3. The average Bonchev–Trinajstić information content (AvgIpc) is 2.29. The Morgan fingerprint density at radius 1 is 1.35 bits per heavy atom. The largest absolute Gasteiger partial charge is 0.396 e. The van der Waals surface area contributed by atoms with Crippen molar-refractivity contribution in [2.45, 2.75) is 37.2 Å². The van der Waals surface area contributed by atoms with Crippen LogP contribution in [0.4, 0.5) is 0 Å². The first-order valence-corrected chi connectivity index (χ1v) is 7.64. The topological polar surface area (TPSA) is 32.7 Å². The summed E-state index contributed by atoms with van der Waals surface area (Å²) in [5, 5.41) is 11.1. The van der Waals surface area contributed by atoms with Crippen molar-refractivity contribution < 1.29 is 9.84 Å². The van der Waals surface area contributed by atoms with Crippen LogP contribution in [0.25, 0.3) is 0 Å². The van der Waals surface area contributed by atoms with Crippen molar-refractivity contribution in [3.63, 3.8) is 0 Å². The first kappa shape index (κ1) is 13.7. The Morgan fingerprint density at radius 3 is 2.59 bits per heavy atom. The number of hydrogen-bond donors (Lipinski definition) is 1. The molecule has 0 bridgehead atoms. The van der Waals surface area contributed by atoms with Crippen LogP contribution >= 0.6 is 11.8 Å². The molecule has 3 nitrogen and oxygen atoms in total. The van der Waals surface area contributed by atoms with Crippen molar-refractivity contribution >= 4 is 11.8 Å². The molecule has 2 heterocycles. The summed E-state index contributed by atoms with van der Waals surface area (Å²) in [6.45, 7) is 9.76. The zero-order valence-electron chi connectivity index (χ0n) is 11.0. The molecule has 0 aliphatic carbocycles.